The summed E-state index contributed by atoms with van der Waals surface area (Å²) in [7, 11) is -2.60. The lowest BCUT2D eigenvalue weighted by molar-refractivity contribution is 0.102. The molecule has 0 aliphatic heterocycles. The Kier molecular flexibility index (Phi) is 5.60. The highest BCUT2D eigenvalue weighted by atomic mass is 32.2. The smallest absolute Gasteiger partial charge is 0.264 e. The Hall–Kier alpha value is -3.33. The summed E-state index contributed by atoms with van der Waals surface area (Å²) >= 11 is 0. The zero-order chi connectivity index (χ0) is 21.2. The first kappa shape index (κ1) is 20.4. The van der Waals surface area contributed by atoms with Gasteiger partial charge >= 0.3 is 0 Å². The van der Waals surface area contributed by atoms with Gasteiger partial charge in [0.2, 0.25) is 0 Å². The Bertz CT molecular complexity index is 1170. The summed E-state index contributed by atoms with van der Waals surface area (Å²) in [5.74, 6) is -4.76. The molecule has 150 valence electrons. The molecule has 0 aliphatic carbocycles. The third kappa shape index (κ3) is 4.24. The van der Waals surface area contributed by atoms with Crippen molar-refractivity contribution in [2.75, 3.05) is 16.7 Å². The molecule has 3 rings (SSSR count). The standard InChI is InChI=1S/C20H15F3N2O3S/c1-25(14-7-3-2-4-8-14)29(27,28)15-9-5-6-13(10-15)20(26)24-19-12-17(22)16(21)11-18(19)23/h2-12H,1H3,(H,24,26). The maximum atomic E-state index is 13.7. The Morgan fingerprint density at radius 2 is 1.52 bits per heavy atom. The van der Waals surface area contributed by atoms with E-state index in [-0.39, 0.29) is 10.5 Å². The molecule has 0 fully saturated rings. The zero-order valence-electron chi connectivity index (χ0n) is 15.1. The monoisotopic (exact) mass is 420 g/mol. The Labute approximate surface area is 165 Å². The number of rotatable bonds is 5. The average molecular weight is 420 g/mol. The quantitative estimate of drug-likeness (QED) is 0.630. The van der Waals surface area contributed by atoms with Gasteiger partial charge in [-0.3, -0.25) is 9.10 Å². The summed E-state index contributed by atoms with van der Waals surface area (Å²) in [6.45, 7) is 0. The molecule has 5 nitrogen and oxygen atoms in total. The van der Waals surface area contributed by atoms with E-state index in [0.29, 0.717) is 17.8 Å². The van der Waals surface area contributed by atoms with E-state index in [2.05, 4.69) is 5.32 Å². The number of anilines is 2. The number of carbonyl (C=O) groups is 1. The summed E-state index contributed by atoms with van der Waals surface area (Å²) in [5.41, 5.74) is -0.244. The molecule has 3 aromatic carbocycles. The van der Waals surface area contributed by atoms with E-state index in [1.54, 1.807) is 30.3 Å². The second-order valence-electron chi connectivity index (χ2n) is 6.04. The van der Waals surface area contributed by atoms with Crippen LogP contribution in [-0.2, 0) is 10.0 Å². The lowest BCUT2D eigenvalue weighted by atomic mass is 10.2. The van der Waals surface area contributed by atoms with Gasteiger partial charge in [-0.05, 0) is 30.3 Å². The molecule has 0 bridgehead atoms. The minimum absolute atomic E-state index is 0.100. The Morgan fingerprint density at radius 3 is 2.21 bits per heavy atom. The summed E-state index contributed by atoms with van der Waals surface area (Å²) in [6.07, 6.45) is 0. The highest BCUT2D eigenvalue weighted by Gasteiger charge is 2.22. The summed E-state index contributed by atoms with van der Waals surface area (Å²) in [4.78, 5) is 12.2. The van der Waals surface area contributed by atoms with Gasteiger partial charge in [0.25, 0.3) is 15.9 Å². The van der Waals surface area contributed by atoms with Crippen LogP contribution >= 0.6 is 0 Å². The molecule has 0 saturated carbocycles. The van der Waals surface area contributed by atoms with Gasteiger partial charge in [-0.25, -0.2) is 21.6 Å². The maximum absolute atomic E-state index is 13.7. The second-order valence-corrected chi connectivity index (χ2v) is 8.01. The van der Waals surface area contributed by atoms with E-state index in [9.17, 15) is 26.4 Å². The molecule has 0 saturated heterocycles. The summed E-state index contributed by atoms with van der Waals surface area (Å²) < 4.78 is 66.8. The van der Waals surface area contributed by atoms with Gasteiger partial charge in [0.15, 0.2) is 11.6 Å². The van der Waals surface area contributed by atoms with E-state index < -0.39 is 39.1 Å². The van der Waals surface area contributed by atoms with Crippen LogP contribution in [0.25, 0.3) is 0 Å². The first-order valence-electron chi connectivity index (χ1n) is 8.30. The van der Waals surface area contributed by atoms with Crippen molar-refractivity contribution in [2.24, 2.45) is 0 Å². The number of hydrogen-bond donors (Lipinski definition) is 1. The van der Waals surface area contributed by atoms with Gasteiger partial charge in [0, 0.05) is 24.7 Å². The highest BCUT2D eigenvalue weighted by Crippen LogP contribution is 2.23. The first-order valence-corrected chi connectivity index (χ1v) is 9.74. The number of sulfonamides is 1. The largest absolute Gasteiger partial charge is 0.319 e. The lowest BCUT2D eigenvalue weighted by Crippen LogP contribution is -2.26. The molecular weight excluding hydrogens is 405 g/mol. The van der Waals surface area contributed by atoms with Gasteiger partial charge in [0.1, 0.15) is 5.82 Å². The third-order valence-corrected chi connectivity index (χ3v) is 5.91. The predicted molar refractivity (Wildman–Crippen MR) is 103 cm³/mol. The van der Waals surface area contributed by atoms with Crippen molar-refractivity contribution < 1.29 is 26.4 Å². The normalized spacial score (nSPS) is 11.2. The molecule has 3 aromatic rings. The molecule has 1 amide bonds. The molecule has 0 atom stereocenters. The lowest BCUT2D eigenvalue weighted by Gasteiger charge is -2.19. The molecule has 9 heteroatoms. The van der Waals surface area contributed by atoms with E-state index in [1.807, 2.05) is 0 Å². The molecule has 0 aliphatic rings. The van der Waals surface area contributed by atoms with E-state index in [0.717, 1.165) is 10.4 Å². The van der Waals surface area contributed by atoms with Crippen LogP contribution in [0.15, 0.2) is 71.6 Å². The van der Waals surface area contributed by atoms with E-state index in [4.69, 9.17) is 0 Å². The van der Waals surface area contributed by atoms with E-state index >= 15 is 0 Å². The van der Waals surface area contributed by atoms with Crippen molar-refractivity contribution in [1.29, 1.82) is 0 Å². The van der Waals surface area contributed by atoms with Gasteiger partial charge in [0.05, 0.1) is 16.3 Å². The third-order valence-electron chi connectivity index (χ3n) is 4.13. The topological polar surface area (TPSA) is 66.5 Å². The number of nitrogens with zero attached hydrogens (tertiary/aromatic N) is 1. The van der Waals surface area contributed by atoms with Crippen LogP contribution in [-0.4, -0.2) is 21.4 Å². The predicted octanol–water partition coefficient (Wildman–Crippen LogP) is 4.18. The van der Waals surface area contributed by atoms with Crippen molar-refractivity contribution in [2.45, 2.75) is 4.90 Å². The molecule has 0 heterocycles. The number of benzene rings is 3. The van der Waals surface area contributed by atoms with Gasteiger partial charge in [-0.2, -0.15) is 0 Å². The number of halogens is 3. The Balaban J connectivity index is 1.89. The van der Waals surface area contributed by atoms with Crippen LogP contribution < -0.4 is 9.62 Å². The number of nitrogens with one attached hydrogen (secondary N) is 1. The summed E-state index contributed by atoms with van der Waals surface area (Å²) in [6, 6.07) is 14.2. The molecule has 29 heavy (non-hydrogen) atoms. The number of carbonyl (C=O) groups excluding carboxylic acids is 1. The minimum atomic E-state index is -3.97. The van der Waals surface area contributed by atoms with E-state index in [1.165, 1.54) is 25.2 Å². The van der Waals surface area contributed by atoms with Crippen molar-refractivity contribution in [3.05, 3.63) is 89.7 Å². The van der Waals surface area contributed by atoms with Crippen LogP contribution in [0.5, 0.6) is 0 Å². The van der Waals surface area contributed by atoms with Crippen LogP contribution in [0, 0.1) is 17.5 Å². The van der Waals surface area contributed by atoms with Crippen LogP contribution in [0.2, 0.25) is 0 Å². The van der Waals surface area contributed by atoms with Gasteiger partial charge < -0.3 is 5.32 Å². The molecule has 1 N–H and O–H groups in total. The first-order chi connectivity index (χ1) is 13.7. The number of amides is 1. The fourth-order valence-electron chi connectivity index (χ4n) is 2.55. The molecule has 0 aromatic heterocycles. The van der Waals surface area contributed by atoms with Crippen molar-refractivity contribution in [3.8, 4) is 0 Å². The van der Waals surface area contributed by atoms with Crippen molar-refractivity contribution in [1.82, 2.24) is 0 Å². The zero-order valence-corrected chi connectivity index (χ0v) is 15.9. The molecule has 0 radical (unpaired) electrons. The Morgan fingerprint density at radius 1 is 0.862 bits per heavy atom. The molecule has 0 spiro atoms. The van der Waals surface area contributed by atoms with Crippen molar-refractivity contribution >= 4 is 27.3 Å². The van der Waals surface area contributed by atoms with Crippen molar-refractivity contribution in [3.63, 3.8) is 0 Å². The molecular formula is C20H15F3N2O3S. The van der Waals surface area contributed by atoms with Crippen LogP contribution in [0.3, 0.4) is 0 Å². The average Bonchev–Trinajstić information content (AvgIpc) is 2.72. The summed E-state index contributed by atoms with van der Waals surface area (Å²) in [5, 5.41) is 2.11. The fraction of sp³-hybridized carbons (Fsp3) is 0.0500. The highest BCUT2D eigenvalue weighted by molar-refractivity contribution is 7.92. The SMILES string of the molecule is CN(c1ccccc1)S(=O)(=O)c1cccc(C(=O)Nc2cc(F)c(F)cc2F)c1. The second kappa shape index (κ2) is 7.96. The van der Waals surface area contributed by atoms with Crippen LogP contribution in [0.4, 0.5) is 24.5 Å². The maximum Gasteiger partial charge on any atom is 0.264 e. The fourth-order valence-corrected chi connectivity index (χ4v) is 3.79. The number of hydrogen-bond acceptors (Lipinski definition) is 3. The van der Waals surface area contributed by atoms with Gasteiger partial charge in [-0.15, -0.1) is 0 Å². The molecule has 0 unspecified atom stereocenters. The minimum Gasteiger partial charge on any atom is -0.319 e. The number of para-hydroxylation sites is 1. The van der Waals surface area contributed by atoms with Crippen LogP contribution in [0.1, 0.15) is 10.4 Å². The van der Waals surface area contributed by atoms with Gasteiger partial charge in [-0.1, -0.05) is 24.3 Å².